The van der Waals surface area contributed by atoms with Gasteiger partial charge in [-0.2, -0.15) is 0 Å². The predicted octanol–water partition coefficient (Wildman–Crippen LogP) is 4.70. The standard InChI is InChI=1S/C22H30N2O3S2/c1-24(29(2)27)21-11-7-6-10-20(21)22(26)23-18-12-14-19(15-13-18)28-17-9-5-3-4-8-16-25/h6-7,10-15,25H,3-5,8-9,16-17H2,1-2H3,(H,23,26). The highest BCUT2D eigenvalue weighted by Crippen LogP contribution is 2.24. The molecule has 0 aliphatic heterocycles. The number of aliphatic hydroxyl groups is 1. The number of nitrogens with one attached hydrogen (secondary N) is 1. The third kappa shape index (κ3) is 7.84. The Morgan fingerprint density at radius 2 is 1.69 bits per heavy atom. The lowest BCUT2D eigenvalue weighted by Gasteiger charge is -2.19. The van der Waals surface area contributed by atoms with E-state index >= 15 is 0 Å². The summed E-state index contributed by atoms with van der Waals surface area (Å²) in [6.45, 7) is 0.290. The number of thioether (sulfide) groups is 1. The van der Waals surface area contributed by atoms with Crippen molar-refractivity contribution >= 4 is 40.0 Å². The fourth-order valence-electron chi connectivity index (χ4n) is 2.85. The second-order valence-corrected chi connectivity index (χ2v) is 9.32. The van der Waals surface area contributed by atoms with E-state index < -0.39 is 11.0 Å². The molecular formula is C22H30N2O3S2. The molecule has 0 radical (unpaired) electrons. The molecular weight excluding hydrogens is 404 g/mol. The smallest absolute Gasteiger partial charge is 0.257 e. The maximum atomic E-state index is 12.7. The number of carbonyl (C=O) groups is 1. The average Bonchev–Trinajstić information content (AvgIpc) is 2.73. The molecule has 0 fully saturated rings. The number of amides is 1. The van der Waals surface area contributed by atoms with Gasteiger partial charge in [-0.3, -0.25) is 9.10 Å². The molecule has 0 aromatic heterocycles. The van der Waals surface area contributed by atoms with Crippen LogP contribution in [0.15, 0.2) is 53.4 Å². The number of nitrogens with zero attached hydrogens (tertiary/aromatic N) is 1. The van der Waals surface area contributed by atoms with Crippen LogP contribution in [-0.2, 0) is 11.0 Å². The topological polar surface area (TPSA) is 69.6 Å². The highest BCUT2D eigenvalue weighted by atomic mass is 32.2. The highest BCUT2D eigenvalue weighted by Gasteiger charge is 2.15. The highest BCUT2D eigenvalue weighted by molar-refractivity contribution is 7.99. The second kappa shape index (κ2) is 12.7. The van der Waals surface area contributed by atoms with E-state index in [1.165, 1.54) is 17.7 Å². The van der Waals surface area contributed by atoms with Gasteiger partial charge in [0.15, 0.2) is 0 Å². The first-order valence-corrected chi connectivity index (χ1v) is 12.3. The van der Waals surface area contributed by atoms with E-state index in [1.54, 1.807) is 35.8 Å². The van der Waals surface area contributed by atoms with Crippen LogP contribution >= 0.6 is 11.8 Å². The lowest BCUT2D eigenvalue weighted by atomic mass is 10.1. The number of carbonyl (C=O) groups excluding carboxylic acids is 1. The summed E-state index contributed by atoms with van der Waals surface area (Å²) in [4.78, 5) is 13.9. The summed E-state index contributed by atoms with van der Waals surface area (Å²) in [5.74, 6) is 0.847. The number of benzene rings is 2. The Bertz CT molecular complexity index is 797. The summed E-state index contributed by atoms with van der Waals surface area (Å²) in [7, 11) is 0.504. The number of aliphatic hydroxyl groups excluding tert-OH is 1. The van der Waals surface area contributed by atoms with Gasteiger partial charge in [-0.1, -0.05) is 31.4 Å². The average molecular weight is 435 g/mol. The minimum atomic E-state index is -1.21. The Labute approximate surface area is 180 Å². The van der Waals surface area contributed by atoms with E-state index in [4.69, 9.17) is 5.11 Å². The number of anilines is 2. The van der Waals surface area contributed by atoms with Crippen LogP contribution in [0.5, 0.6) is 0 Å². The van der Waals surface area contributed by atoms with Gasteiger partial charge >= 0.3 is 0 Å². The summed E-state index contributed by atoms with van der Waals surface area (Å²) in [5, 5.41) is 11.7. The molecule has 1 atom stereocenters. The zero-order valence-corrected chi connectivity index (χ0v) is 18.7. The first kappa shape index (κ1) is 23.4. The molecule has 2 aromatic rings. The maximum Gasteiger partial charge on any atom is 0.257 e. The lowest BCUT2D eigenvalue weighted by Crippen LogP contribution is -2.23. The van der Waals surface area contributed by atoms with Crippen molar-refractivity contribution < 1.29 is 14.1 Å². The van der Waals surface area contributed by atoms with Crippen molar-refractivity contribution in [3.05, 3.63) is 54.1 Å². The van der Waals surface area contributed by atoms with E-state index in [0.29, 0.717) is 11.3 Å². The van der Waals surface area contributed by atoms with Crippen LogP contribution in [0, 0.1) is 0 Å². The first-order valence-electron chi connectivity index (χ1n) is 9.84. The molecule has 2 aromatic carbocycles. The minimum Gasteiger partial charge on any atom is -0.396 e. The molecule has 158 valence electrons. The molecule has 1 unspecified atom stereocenters. The van der Waals surface area contributed by atoms with Crippen molar-refractivity contribution in [2.24, 2.45) is 0 Å². The largest absolute Gasteiger partial charge is 0.396 e. The monoisotopic (exact) mass is 434 g/mol. The summed E-state index contributed by atoms with van der Waals surface area (Å²) in [5.41, 5.74) is 1.86. The summed E-state index contributed by atoms with van der Waals surface area (Å²) < 4.78 is 13.4. The molecule has 0 heterocycles. The van der Waals surface area contributed by atoms with Crippen molar-refractivity contribution in [2.45, 2.75) is 37.0 Å². The van der Waals surface area contributed by atoms with Gasteiger partial charge < -0.3 is 10.4 Å². The fraction of sp³-hybridized carbons (Fsp3) is 0.409. The van der Waals surface area contributed by atoms with Crippen LogP contribution in [0.3, 0.4) is 0 Å². The number of unbranched alkanes of at least 4 members (excludes halogenated alkanes) is 4. The van der Waals surface area contributed by atoms with Crippen LogP contribution in [-0.4, -0.2) is 40.9 Å². The van der Waals surface area contributed by atoms with Crippen molar-refractivity contribution in [1.82, 2.24) is 0 Å². The minimum absolute atomic E-state index is 0.221. The SMILES string of the molecule is CN(c1ccccc1C(=O)Nc1ccc(SCCCCCCCO)cc1)S(C)=O. The van der Waals surface area contributed by atoms with Crippen LogP contribution in [0.1, 0.15) is 42.5 Å². The molecule has 1 amide bonds. The number of rotatable bonds is 12. The summed E-state index contributed by atoms with van der Waals surface area (Å²) >= 11 is 1.82. The van der Waals surface area contributed by atoms with Crippen molar-refractivity contribution in [3.63, 3.8) is 0 Å². The van der Waals surface area contributed by atoms with Crippen molar-refractivity contribution in [2.75, 3.05) is 35.3 Å². The normalized spacial score (nSPS) is 11.8. The Morgan fingerprint density at radius 3 is 2.38 bits per heavy atom. The molecule has 29 heavy (non-hydrogen) atoms. The zero-order chi connectivity index (χ0) is 21.1. The number of hydrogen-bond acceptors (Lipinski definition) is 4. The van der Waals surface area contributed by atoms with Crippen LogP contribution in [0.4, 0.5) is 11.4 Å². The second-order valence-electron chi connectivity index (χ2n) is 6.76. The van der Waals surface area contributed by atoms with Gasteiger partial charge in [-0.05, 0) is 55.0 Å². The van der Waals surface area contributed by atoms with Crippen molar-refractivity contribution in [3.8, 4) is 0 Å². The molecule has 0 aliphatic rings. The van der Waals surface area contributed by atoms with E-state index in [-0.39, 0.29) is 12.5 Å². The Morgan fingerprint density at radius 1 is 1.03 bits per heavy atom. The van der Waals surface area contributed by atoms with Gasteiger partial charge in [-0.15, -0.1) is 11.8 Å². The third-order valence-electron chi connectivity index (χ3n) is 4.56. The molecule has 0 aliphatic carbocycles. The molecule has 0 saturated carbocycles. The summed E-state index contributed by atoms with van der Waals surface area (Å²) in [6.07, 6.45) is 7.11. The van der Waals surface area contributed by atoms with E-state index in [9.17, 15) is 9.00 Å². The van der Waals surface area contributed by atoms with Crippen LogP contribution < -0.4 is 9.62 Å². The van der Waals surface area contributed by atoms with E-state index in [0.717, 1.165) is 30.7 Å². The molecule has 2 rings (SSSR count). The molecule has 0 spiro atoms. The quantitative estimate of drug-likeness (QED) is 0.375. The van der Waals surface area contributed by atoms with Gasteiger partial charge in [0.05, 0.1) is 11.3 Å². The Kier molecular flexibility index (Phi) is 10.2. The van der Waals surface area contributed by atoms with Gasteiger partial charge in [0.2, 0.25) is 0 Å². The zero-order valence-electron chi connectivity index (χ0n) is 17.1. The molecule has 7 heteroatoms. The molecule has 2 N–H and O–H groups in total. The Balaban J connectivity index is 1.87. The lowest BCUT2D eigenvalue weighted by molar-refractivity contribution is 0.102. The van der Waals surface area contributed by atoms with Gasteiger partial charge in [0.1, 0.15) is 11.0 Å². The van der Waals surface area contributed by atoms with Gasteiger partial charge in [-0.25, -0.2) is 4.21 Å². The van der Waals surface area contributed by atoms with Gasteiger partial charge in [0, 0.05) is 30.5 Å². The van der Waals surface area contributed by atoms with E-state index in [2.05, 4.69) is 5.32 Å². The molecule has 5 nitrogen and oxygen atoms in total. The fourth-order valence-corrected chi connectivity index (χ4v) is 4.19. The van der Waals surface area contributed by atoms with Crippen LogP contribution in [0.2, 0.25) is 0 Å². The van der Waals surface area contributed by atoms with Gasteiger partial charge in [0.25, 0.3) is 5.91 Å². The maximum absolute atomic E-state index is 12.7. The van der Waals surface area contributed by atoms with E-state index in [1.807, 2.05) is 42.1 Å². The first-order chi connectivity index (χ1) is 14.0. The number of hydrogen-bond donors (Lipinski definition) is 2. The number of para-hydroxylation sites is 1. The van der Waals surface area contributed by atoms with Crippen LogP contribution in [0.25, 0.3) is 0 Å². The summed E-state index contributed by atoms with van der Waals surface area (Å²) in [6, 6.07) is 15.0. The predicted molar refractivity (Wildman–Crippen MR) is 124 cm³/mol. The Hall–Kier alpha value is -1.83. The van der Waals surface area contributed by atoms with Crippen molar-refractivity contribution in [1.29, 1.82) is 0 Å². The molecule has 0 bridgehead atoms. The third-order valence-corrected chi connectivity index (χ3v) is 6.62. The molecule has 0 saturated heterocycles.